The number of benzene rings is 1. The van der Waals surface area contributed by atoms with Gasteiger partial charge in [-0.1, -0.05) is 5.56 Å². The van der Waals surface area contributed by atoms with Crippen LogP contribution in [0.25, 0.3) is 0 Å². The molecule has 0 aliphatic carbocycles. The second-order valence-corrected chi connectivity index (χ2v) is 3.25. The van der Waals surface area contributed by atoms with Gasteiger partial charge in [0.15, 0.2) is 0 Å². The molecule has 6 heteroatoms. The smallest absolute Gasteiger partial charge is 0.813 e. The third-order valence-corrected chi connectivity index (χ3v) is 1.95. The third kappa shape index (κ3) is 6.61. The molecule has 0 heterocycles. The van der Waals surface area contributed by atoms with E-state index in [1.807, 2.05) is 24.3 Å². The molecule has 1 aromatic rings. The van der Waals surface area contributed by atoms with Crippen molar-refractivity contribution < 1.29 is 37.7 Å². The second kappa shape index (κ2) is 10.7. The summed E-state index contributed by atoms with van der Waals surface area (Å²) in [5, 5.41) is 2.60. The normalized spacial score (nSPS) is 7.14. The van der Waals surface area contributed by atoms with Gasteiger partial charge < -0.3 is 38.3 Å². The standard InChI is InChI=1S/C8H5S3.2Li.H2S/c9-5-6-1-3-7(4-2-6)8(10)11;;;/h1-4H,(H,10,11);;;1H2/q-1;2*+1;/p-2. The van der Waals surface area contributed by atoms with Crippen LogP contribution in [0, 0.1) is 0 Å². The molecule has 1 aromatic carbocycles. The largest absolute Gasteiger partial charge is 1.00 e. The Bertz CT molecular complexity index is 284. The van der Waals surface area contributed by atoms with Gasteiger partial charge in [-0.3, -0.25) is 0 Å². The average Bonchev–Trinajstić information content (AvgIpc) is 2.05. The fraction of sp³-hybridized carbons (Fsp3) is 0. The molecule has 0 amide bonds. The molecule has 0 fully saturated rings. The molecule has 64 valence electrons. The first-order valence-electron chi connectivity index (χ1n) is 2.93. The van der Waals surface area contributed by atoms with E-state index >= 15 is 0 Å². The van der Waals surface area contributed by atoms with Crippen molar-refractivity contribution in [3.05, 3.63) is 35.4 Å². The molecular formula is C8H5Li2S4-. The maximum Gasteiger partial charge on any atom is 1.00 e. The zero-order valence-corrected chi connectivity index (χ0v) is 11.3. The SMILES string of the molecule is S=[C-]c1ccc(C(=S)[S-])cc1.[Li+].[Li+].[SH-]. The molecule has 14 heavy (non-hydrogen) atoms. The van der Waals surface area contributed by atoms with Gasteiger partial charge in [0.2, 0.25) is 0 Å². The predicted molar refractivity (Wildman–Crippen MR) is 66.0 cm³/mol. The summed E-state index contributed by atoms with van der Waals surface area (Å²) in [4.78, 5) is 0. The fourth-order valence-electron chi connectivity index (χ4n) is 0.674. The molecule has 0 unspecified atom stereocenters. The summed E-state index contributed by atoms with van der Waals surface area (Å²) in [5.74, 6) is 0. The summed E-state index contributed by atoms with van der Waals surface area (Å²) < 4.78 is 0.487. The zero-order chi connectivity index (χ0) is 8.27. The van der Waals surface area contributed by atoms with Gasteiger partial charge in [-0.25, -0.2) is 0 Å². The van der Waals surface area contributed by atoms with E-state index in [4.69, 9.17) is 24.8 Å². The minimum atomic E-state index is 0. The van der Waals surface area contributed by atoms with E-state index in [9.17, 15) is 0 Å². The summed E-state index contributed by atoms with van der Waals surface area (Å²) in [6.45, 7) is 0. The molecule has 0 saturated heterocycles. The van der Waals surface area contributed by atoms with Gasteiger partial charge in [0.1, 0.15) is 0 Å². The van der Waals surface area contributed by atoms with Gasteiger partial charge >= 0.3 is 37.7 Å². The molecule has 0 aromatic heterocycles. The van der Waals surface area contributed by atoms with E-state index in [0.29, 0.717) is 4.20 Å². The molecule has 0 aliphatic heterocycles. The van der Waals surface area contributed by atoms with Crippen LogP contribution in [0.3, 0.4) is 0 Å². The van der Waals surface area contributed by atoms with Crippen LogP contribution in [-0.2, 0) is 26.1 Å². The second-order valence-electron chi connectivity index (χ2n) is 1.97. The fourth-order valence-corrected chi connectivity index (χ4v) is 1.08. The monoisotopic (exact) mass is 243 g/mol. The summed E-state index contributed by atoms with van der Waals surface area (Å²) in [6.07, 6.45) is 0. The minimum absolute atomic E-state index is 0. The summed E-state index contributed by atoms with van der Waals surface area (Å²) >= 11 is 14.2. The third-order valence-electron chi connectivity index (χ3n) is 1.24. The van der Waals surface area contributed by atoms with Gasteiger partial charge in [0.05, 0.1) is 0 Å². The van der Waals surface area contributed by atoms with Crippen LogP contribution in [0.2, 0.25) is 0 Å². The van der Waals surface area contributed by atoms with Gasteiger partial charge in [0.25, 0.3) is 0 Å². The molecule has 0 N–H and O–H groups in total. The Hall–Kier alpha value is 1.16. The van der Waals surface area contributed by atoms with Crippen LogP contribution < -0.4 is 37.7 Å². The van der Waals surface area contributed by atoms with Crippen molar-refractivity contribution in [2.75, 3.05) is 0 Å². The Morgan fingerprint density at radius 2 is 1.57 bits per heavy atom. The topological polar surface area (TPSA) is 0 Å². The number of thiocarbonyl (C=S) groups is 2. The zero-order valence-electron chi connectivity index (χ0n) is 7.98. The van der Waals surface area contributed by atoms with Crippen molar-refractivity contribution in [3.8, 4) is 0 Å². The molecule has 0 aliphatic rings. The molecule has 0 bridgehead atoms. The Morgan fingerprint density at radius 3 is 1.86 bits per heavy atom. The van der Waals surface area contributed by atoms with Crippen molar-refractivity contribution in [2.45, 2.75) is 0 Å². The Morgan fingerprint density at radius 1 is 1.14 bits per heavy atom. The number of rotatable bonds is 2. The van der Waals surface area contributed by atoms with Crippen molar-refractivity contribution in [3.63, 3.8) is 0 Å². The van der Waals surface area contributed by atoms with Gasteiger partial charge in [-0.2, -0.15) is 29.9 Å². The Balaban J connectivity index is -0.000000403. The maximum absolute atomic E-state index is 4.81. The molecule has 0 nitrogen and oxygen atoms in total. The predicted octanol–water partition coefficient (Wildman–Crippen LogP) is -4.13. The van der Waals surface area contributed by atoms with Crippen molar-refractivity contribution in [1.82, 2.24) is 0 Å². The minimum Gasteiger partial charge on any atom is -0.813 e. The van der Waals surface area contributed by atoms with E-state index < -0.39 is 0 Å². The summed E-state index contributed by atoms with van der Waals surface area (Å²) in [5.41, 5.74) is 1.78. The van der Waals surface area contributed by atoms with Gasteiger partial charge in [-0.15, -0.1) is 21.7 Å². The van der Waals surface area contributed by atoms with Crippen LogP contribution in [0.4, 0.5) is 0 Å². The van der Waals surface area contributed by atoms with Crippen molar-refractivity contribution >= 4 is 60.1 Å². The van der Waals surface area contributed by atoms with Crippen LogP contribution in [0.15, 0.2) is 24.3 Å². The van der Waals surface area contributed by atoms with Crippen LogP contribution in [-0.4, -0.2) is 9.56 Å². The number of thiol groups is 1. The quantitative estimate of drug-likeness (QED) is 0.170. The van der Waals surface area contributed by atoms with Crippen molar-refractivity contribution in [2.24, 2.45) is 0 Å². The van der Waals surface area contributed by atoms with Crippen LogP contribution in [0.5, 0.6) is 0 Å². The first kappa shape index (κ1) is 20.6. The Kier molecular flexibility index (Phi) is 15.7. The first-order chi connectivity index (χ1) is 5.24. The molecule has 0 atom stereocenters. The van der Waals surface area contributed by atoms with Gasteiger partial charge in [0, 0.05) is 0 Å². The molecular weight excluding hydrogens is 238 g/mol. The van der Waals surface area contributed by atoms with E-state index in [-0.39, 0.29) is 51.2 Å². The Labute approximate surface area is 132 Å². The first-order valence-corrected chi connectivity index (χ1v) is 4.16. The van der Waals surface area contributed by atoms with E-state index in [2.05, 4.69) is 17.6 Å². The molecule has 0 spiro atoms. The van der Waals surface area contributed by atoms with Crippen LogP contribution in [0.1, 0.15) is 11.1 Å². The number of hydrogen-bond acceptors (Lipinski definition) is 4. The van der Waals surface area contributed by atoms with Gasteiger partial charge in [-0.05, 0) is 0 Å². The van der Waals surface area contributed by atoms with E-state index in [1.165, 1.54) is 0 Å². The van der Waals surface area contributed by atoms with Crippen molar-refractivity contribution in [1.29, 1.82) is 0 Å². The maximum atomic E-state index is 4.81. The summed E-state index contributed by atoms with van der Waals surface area (Å²) in [6, 6.07) is 7.40. The summed E-state index contributed by atoms with van der Waals surface area (Å²) in [7, 11) is 0. The van der Waals surface area contributed by atoms with E-state index in [0.717, 1.165) is 11.1 Å². The van der Waals surface area contributed by atoms with E-state index in [1.54, 1.807) is 0 Å². The molecule has 1 rings (SSSR count). The molecule has 0 radical (unpaired) electrons. The number of hydrogen-bond donors (Lipinski definition) is 0. The average molecular weight is 243 g/mol. The van der Waals surface area contributed by atoms with Crippen LogP contribution >= 0.6 is 24.4 Å². The molecule has 0 saturated carbocycles.